The maximum atomic E-state index is 5.66. The van der Waals surface area contributed by atoms with Crippen LogP contribution in [0, 0.1) is 0 Å². The van der Waals surface area contributed by atoms with Crippen molar-refractivity contribution in [3.05, 3.63) is 315 Å². The Hall–Kier alpha value is -12.8. The van der Waals surface area contributed by atoms with Gasteiger partial charge in [-0.1, -0.05) is 231 Å². The van der Waals surface area contributed by atoms with Crippen molar-refractivity contribution in [3.63, 3.8) is 0 Å². The molecule has 0 amide bonds. The van der Waals surface area contributed by atoms with Gasteiger partial charge in [-0.15, -0.1) is 0 Å². The third-order valence-corrected chi connectivity index (χ3v) is 19.3. The van der Waals surface area contributed by atoms with Gasteiger partial charge in [-0.05, 0) is 107 Å². The van der Waals surface area contributed by atoms with Crippen molar-refractivity contribution in [1.29, 1.82) is 0 Å². The molecule has 0 aliphatic carbocycles. The number of hydrogen-bond acceptors (Lipinski definition) is 4. The molecule has 0 atom stereocenters. The summed E-state index contributed by atoms with van der Waals surface area (Å²) in [5.74, 6) is 1.26. The van der Waals surface area contributed by atoms with E-state index in [0.29, 0.717) is 11.9 Å². The van der Waals surface area contributed by atoms with E-state index < -0.39 is 0 Å². The minimum Gasteiger partial charge on any atom is -0.309 e. The number of nitrogens with zero attached hydrogens (tertiary/aromatic N) is 8. The van der Waals surface area contributed by atoms with Crippen LogP contribution in [0.4, 0.5) is 0 Å². The van der Waals surface area contributed by atoms with Crippen LogP contribution >= 0.6 is 0 Å². The SMILES string of the molecule is c1ccc(-c2nc(-n3c4ccccc4c4cc(-c5ccc6c(c5)c5ccc(-c7ccc8c9c%10c%11ccccc%11n(-c%11ccccc%11)c%10c%10ccccc%10c9n(-c9nc(-c%10ccccc%10)c%10ccccc%10n9)c8c7)cc5n6-c5ccccc5)ccc43)nc3ccccc23)cc1. The van der Waals surface area contributed by atoms with Crippen LogP contribution in [0.15, 0.2) is 315 Å². The lowest BCUT2D eigenvalue weighted by Gasteiger charge is -2.14. The fourth-order valence-electron chi connectivity index (χ4n) is 15.2. The van der Waals surface area contributed by atoms with Crippen molar-refractivity contribution in [2.75, 3.05) is 0 Å². The van der Waals surface area contributed by atoms with Crippen molar-refractivity contribution in [2.45, 2.75) is 0 Å². The Morgan fingerprint density at radius 3 is 1.10 bits per heavy atom. The molecule has 20 rings (SSSR count). The highest BCUT2D eigenvalue weighted by atomic mass is 15.2. The molecule has 0 fully saturated rings. The molecule has 6 aromatic heterocycles. The quantitative estimate of drug-likeness (QED) is 0.152. The lowest BCUT2D eigenvalue weighted by atomic mass is 9.97. The first-order chi connectivity index (χ1) is 46.6. The van der Waals surface area contributed by atoms with E-state index in [1.165, 1.54) is 27.1 Å². The van der Waals surface area contributed by atoms with E-state index >= 15 is 0 Å². The van der Waals surface area contributed by atoms with E-state index in [9.17, 15) is 0 Å². The van der Waals surface area contributed by atoms with Gasteiger partial charge < -0.3 is 9.13 Å². The lowest BCUT2D eigenvalue weighted by molar-refractivity contribution is 1.01. The van der Waals surface area contributed by atoms with Crippen molar-refractivity contribution >= 4 is 120 Å². The zero-order valence-electron chi connectivity index (χ0n) is 50.6. The Bertz CT molecular complexity index is 6520. The summed E-state index contributed by atoms with van der Waals surface area (Å²) in [4.78, 5) is 21.8. The van der Waals surface area contributed by atoms with Gasteiger partial charge in [0, 0.05) is 87.1 Å². The molecule has 436 valence electrons. The fourth-order valence-corrected chi connectivity index (χ4v) is 15.2. The van der Waals surface area contributed by atoms with Gasteiger partial charge in [0.05, 0.1) is 66.6 Å². The van der Waals surface area contributed by atoms with Crippen LogP contribution in [0.1, 0.15) is 0 Å². The number of benzene rings is 14. The zero-order chi connectivity index (χ0) is 61.5. The standard InChI is InChI=1S/C86H52N8/c1-5-23-53(24-6-1)81-65-34-15-19-37-71(65)87-85(89-81)93-73-39-21-17-31-61(73)69-49-56(44-48-76(69)93)55-43-47-75-70(50-55)62-45-41-57(51-77(62)91(75)59-27-9-3-10-28-59)58-42-46-68-78(52-58)94(86-88-72-38-20-16-35-66(72)82(90-86)54-25-7-2-8-26-54)84-64-33-14-13-32-63(64)83-79(80(68)84)67-36-18-22-40-74(67)92(83)60-29-11-4-12-30-60/h1-52H. The Kier molecular flexibility index (Phi) is 11.3. The zero-order valence-corrected chi connectivity index (χ0v) is 50.6. The van der Waals surface area contributed by atoms with Gasteiger partial charge in [-0.2, -0.15) is 0 Å². The van der Waals surface area contributed by atoms with E-state index in [-0.39, 0.29) is 0 Å². The first-order valence-electron chi connectivity index (χ1n) is 32.0. The Morgan fingerprint density at radius 2 is 0.543 bits per heavy atom. The summed E-state index contributed by atoms with van der Waals surface area (Å²) in [6, 6.07) is 113. The molecule has 0 saturated heterocycles. The molecule has 8 heteroatoms. The normalized spacial score (nSPS) is 12.0. The summed E-state index contributed by atoms with van der Waals surface area (Å²) in [7, 11) is 0. The van der Waals surface area contributed by atoms with Gasteiger partial charge >= 0.3 is 0 Å². The van der Waals surface area contributed by atoms with Crippen LogP contribution in [0.3, 0.4) is 0 Å². The number of para-hydroxylation sites is 6. The second-order valence-corrected chi connectivity index (χ2v) is 24.5. The monoisotopic (exact) mass is 1200 g/mol. The van der Waals surface area contributed by atoms with Gasteiger partial charge in [0.25, 0.3) is 0 Å². The number of aromatic nitrogens is 8. The average molecular weight is 1200 g/mol. The largest absolute Gasteiger partial charge is 0.309 e. The molecule has 0 aliphatic rings. The van der Waals surface area contributed by atoms with Gasteiger partial charge in [0.2, 0.25) is 11.9 Å². The van der Waals surface area contributed by atoms with E-state index in [1.54, 1.807) is 0 Å². The van der Waals surface area contributed by atoms with Crippen LogP contribution in [0.5, 0.6) is 0 Å². The van der Waals surface area contributed by atoms with E-state index in [4.69, 9.17) is 19.9 Å². The highest BCUT2D eigenvalue weighted by molar-refractivity contribution is 6.37. The molecule has 0 spiro atoms. The molecule has 6 heterocycles. The summed E-state index contributed by atoms with van der Waals surface area (Å²) in [5.41, 5.74) is 21.1. The molecular weight excluding hydrogens is 1150 g/mol. The molecule has 8 nitrogen and oxygen atoms in total. The molecule has 14 aromatic carbocycles. The van der Waals surface area contributed by atoms with Crippen LogP contribution in [0.25, 0.3) is 188 Å². The van der Waals surface area contributed by atoms with Gasteiger partial charge in [0.15, 0.2) is 0 Å². The first kappa shape index (κ1) is 52.0. The molecule has 0 bridgehead atoms. The number of rotatable bonds is 8. The maximum Gasteiger partial charge on any atom is 0.235 e. The Labute approximate surface area is 538 Å². The van der Waals surface area contributed by atoms with Crippen molar-refractivity contribution in [3.8, 4) is 68.0 Å². The van der Waals surface area contributed by atoms with Crippen LogP contribution in [0.2, 0.25) is 0 Å². The van der Waals surface area contributed by atoms with Crippen LogP contribution in [-0.2, 0) is 0 Å². The highest BCUT2D eigenvalue weighted by Crippen LogP contribution is 2.49. The van der Waals surface area contributed by atoms with Crippen molar-refractivity contribution in [1.82, 2.24) is 38.2 Å². The summed E-state index contributed by atoms with van der Waals surface area (Å²) in [5, 5.41) is 13.6. The number of fused-ring (bicyclic) bond motifs is 18. The van der Waals surface area contributed by atoms with E-state index in [2.05, 4.69) is 328 Å². The van der Waals surface area contributed by atoms with Crippen LogP contribution < -0.4 is 0 Å². The first-order valence-corrected chi connectivity index (χ1v) is 32.0. The van der Waals surface area contributed by atoms with Crippen molar-refractivity contribution < 1.29 is 0 Å². The predicted molar refractivity (Wildman–Crippen MR) is 389 cm³/mol. The van der Waals surface area contributed by atoms with Crippen LogP contribution in [-0.4, -0.2) is 38.2 Å². The smallest absolute Gasteiger partial charge is 0.235 e. The Morgan fingerprint density at radius 1 is 0.191 bits per heavy atom. The van der Waals surface area contributed by atoms with E-state index in [1.807, 2.05) is 6.07 Å². The molecule has 0 radical (unpaired) electrons. The van der Waals surface area contributed by atoms with Crippen molar-refractivity contribution in [2.24, 2.45) is 0 Å². The molecule has 0 aliphatic heterocycles. The Balaban J connectivity index is 0.798. The minimum atomic E-state index is 0.614. The molecule has 0 unspecified atom stereocenters. The summed E-state index contributed by atoms with van der Waals surface area (Å²) >= 11 is 0. The van der Waals surface area contributed by atoms with Gasteiger partial charge in [-0.25, -0.2) is 19.9 Å². The highest BCUT2D eigenvalue weighted by Gasteiger charge is 2.27. The molecule has 0 saturated carbocycles. The minimum absolute atomic E-state index is 0.614. The molecule has 20 aromatic rings. The maximum absolute atomic E-state index is 5.66. The fraction of sp³-hybridized carbons (Fsp3) is 0. The average Bonchev–Trinajstić information content (AvgIpc) is 1.52. The summed E-state index contributed by atoms with van der Waals surface area (Å²) in [6.45, 7) is 0. The van der Waals surface area contributed by atoms with Gasteiger partial charge in [0.1, 0.15) is 0 Å². The lowest BCUT2D eigenvalue weighted by Crippen LogP contribution is -2.04. The van der Waals surface area contributed by atoms with Gasteiger partial charge in [-0.3, -0.25) is 9.13 Å². The molecule has 0 N–H and O–H groups in total. The van der Waals surface area contributed by atoms with E-state index in [0.717, 1.165) is 149 Å². The second kappa shape index (κ2) is 20.4. The summed E-state index contributed by atoms with van der Waals surface area (Å²) in [6.07, 6.45) is 0. The third kappa shape index (κ3) is 7.74. The topological polar surface area (TPSA) is 71.3 Å². The second-order valence-electron chi connectivity index (χ2n) is 24.5. The molecule has 94 heavy (non-hydrogen) atoms. The predicted octanol–water partition coefficient (Wildman–Crippen LogP) is 21.8. The molecular formula is C86H52N8. The summed E-state index contributed by atoms with van der Waals surface area (Å²) < 4.78 is 9.47. The number of hydrogen-bond donors (Lipinski definition) is 0. The third-order valence-electron chi connectivity index (χ3n) is 19.3.